The van der Waals surface area contributed by atoms with Crippen LogP contribution in [-0.2, 0) is 5.41 Å². The van der Waals surface area contributed by atoms with Gasteiger partial charge in [-0.25, -0.2) is 0 Å². The molecule has 0 unspecified atom stereocenters. The highest BCUT2D eigenvalue weighted by atomic mass is 15.3. The lowest BCUT2D eigenvalue weighted by molar-refractivity contribution is 0.631. The molecule has 8 rings (SSSR count). The standard InChI is InChI=1S/C39H30N2/c1-39(2)32-19-12-20-36-38(32)41(34-23-21-29(25-33(34)39)27-13-6-3-7-14-27)37-26-30(28-15-8-4-9-16-28)22-24-35(37)40(36)31-17-10-5-11-18-31/h3-26H,1-2H3. The van der Waals surface area contributed by atoms with Gasteiger partial charge in [-0.2, -0.15) is 0 Å². The monoisotopic (exact) mass is 526 g/mol. The zero-order valence-electron chi connectivity index (χ0n) is 23.3. The number of nitrogens with zero attached hydrogens (tertiary/aromatic N) is 2. The number of para-hydroxylation sites is 2. The fourth-order valence-electron chi connectivity index (χ4n) is 6.70. The first kappa shape index (κ1) is 23.8. The van der Waals surface area contributed by atoms with Crippen LogP contribution in [0.2, 0.25) is 0 Å². The average molecular weight is 527 g/mol. The highest BCUT2D eigenvalue weighted by Crippen LogP contribution is 2.62. The summed E-state index contributed by atoms with van der Waals surface area (Å²) in [6.07, 6.45) is 0. The Bertz CT molecular complexity index is 1910. The summed E-state index contributed by atoms with van der Waals surface area (Å²) in [6, 6.07) is 52.9. The molecule has 0 atom stereocenters. The summed E-state index contributed by atoms with van der Waals surface area (Å²) in [5.41, 5.74) is 14.7. The molecule has 0 N–H and O–H groups in total. The molecule has 196 valence electrons. The van der Waals surface area contributed by atoms with Gasteiger partial charge in [-0.3, -0.25) is 0 Å². The lowest BCUT2D eigenvalue weighted by Gasteiger charge is -2.48. The van der Waals surface area contributed by atoms with E-state index in [0.29, 0.717) is 0 Å². The molecule has 2 heteroatoms. The minimum Gasteiger partial charge on any atom is -0.306 e. The van der Waals surface area contributed by atoms with Gasteiger partial charge in [-0.05, 0) is 75.8 Å². The first-order valence-corrected chi connectivity index (χ1v) is 14.3. The molecule has 41 heavy (non-hydrogen) atoms. The van der Waals surface area contributed by atoms with E-state index in [0.717, 1.165) is 5.69 Å². The molecule has 2 nitrogen and oxygen atoms in total. The van der Waals surface area contributed by atoms with Crippen LogP contribution >= 0.6 is 0 Å². The zero-order chi connectivity index (χ0) is 27.6. The van der Waals surface area contributed by atoms with E-state index in [1.54, 1.807) is 0 Å². The molecule has 0 radical (unpaired) electrons. The van der Waals surface area contributed by atoms with E-state index in [1.165, 1.54) is 61.8 Å². The van der Waals surface area contributed by atoms with Crippen LogP contribution in [0.4, 0.5) is 34.1 Å². The van der Waals surface area contributed by atoms with Crippen molar-refractivity contribution in [3.63, 3.8) is 0 Å². The van der Waals surface area contributed by atoms with Crippen molar-refractivity contribution in [2.24, 2.45) is 0 Å². The van der Waals surface area contributed by atoms with Gasteiger partial charge < -0.3 is 9.80 Å². The van der Waals surface area contributed by atoms with Crippen LogP contribution in [0, 0.1) is 0 Å². The third kappa shape index (κ3) is 3.57. The second kappa shape index (κ2) is 8.97. The largest absolute Gasteiger partial charge is 0.306 e. The maximum atomic E-state index is 2.52. The van der Waals surface area contributed by atoms with Crippen LogP contribution in [0.25, 0.3) is 22.3 Å². The Hall–Kier alpha value is -5.08. The van der Waals surface area contributed by atoms with E-state index in [2.05, 4.69) is 169 Å². The molecule has 0 bridgehead atoms. The molecule has 0 amide bonds. The molecule has 6 aromatic carbocycles. The predicted molar refractivity (Wildman–Crippen MR) is 172 cm³/mol. The smallest absolute Gasteiger partial charge is 0.0744 e. The molecular weight excluding hydrogens is 496 g/mol. The van der Waals surface area contributed by atoms with E-state index < -0.39 is 0 Å². The Balaban J connectivity index is 1.43. The van der Waals surface area contributed by atoms with Crippen LogP contribution in [0.3, 0.4) is 0 Å². The molecule has 0 saturated heterocycles. The third-order valence-corrected chi connectivity index (χ3v) is 8.75. The molecule has 0 saturated carbocycles. The fourth-order valence-corrected chi connectivity index (χ4v) is 6.70. The lowest BCUT2D eigenvalue weighted by Crippen LogP contribution is -2.34. The maximum Gasteiger partial charge on any atom is 0.0744 e. The second-order valence-electron chi connectivity index (χ2n) is 11.5. The summed E-state index contributed by atoms with van der Waals surface area (Å²) in [5.74, 6) is 0. The number of anilines is 6. The van der Waals surface area contributed by atoms with Gasteiger partial charge in [0.05, 0.1) is 28.4 Å². The van der Waals surface area contributed by atoms with Gasteiger partial charge in [0.1, 0.15) is 0 Å². The van der Waals surface area contributed by atoms with Crippen LogP contribution in [0.5, 0.6) is 0 Å². The van der Waals surface area contributed by atoms with Gasteiger partial charge in [0, 0.05) is 11.1 Å². The summed E-state index contributed by atoms with van der Waals surface area (Å²) >= 11 is 0. The Labute approximate surface area is 241 Å². The Morgan fingerprint density at radius 1 is 0.390 bits per heavy atom. The molecule has 2 heterocycles. The summed E-state index contributed by atoms with van der Waals surface area (Å²) in [6.45, 7) is 4.74. The third-order valence-electron chi connectivity index (χ3n) is 8.75. The molecule has 0 fully saturated rings. The molecule has 2 aliphatic heterocycles. The van der Waals surface area contributed by atoms with Crippen molar-refractivity contribution in [2.75, 3.05) is 9.80 Å². The fraction of sp³-hybridized carbons (Fsp3) is 0.0769. The lowest BCUT2D eigenvalue weighted by atomic mass is 9.72. The van der Waals surface area contributed by atoms with Gasteiger partial charge in [-0.1, -0.05) is 117 Å². The molecule has 2 aliphatic rings. The van der Waals surface area contributed by atoms with Crippen molar-refractivity contribution >= 4 is 34.1 Å². The van der Waals surface area contributed by atoms with Crippen molar-refractivity contribution in [3.05, 3.63) is 157 Å². The summed E-state index contributed by atoms with van der Waals surface area (Å²) in [4.78, 5) is 4.94. The summed E-state index contributed by atoms with van der Waals surface area (Å²) in [5, 5.41) is 0. The van der Waals surface area contributed by atoms with Crippen LogP contribution in [0.1, 0.15) is 25.0 Å². The number of hydrogen-bond donors (Lipinski definition) is 0. The average Bonchev–Trinajstić information content (AvgIpc) is 3.03. The molecule has 6 aromatic rings. The number of hydrogen-bond acceptors (Lipinski definition) is 2. The SMILES string of the molecule is CC1(C)c2cc(-c3ccccc3)ccc2N2c3cc(-c4ccccc4)ccc3N(c3ccccc3)c3cccc1c32. The summed E-state index contributed by atoms with van der Waals surface area (Å²) in [7, 11) is 0. The van der Waals surface area contributed by atoms with Crippen molar-refractivity contribution in [1.82, 2.24) is 0 Å². The Morgan fingerprint density at radius 2 is 0.976 bits per heavy atom. The number of fused-ring (bicyclic) bond motifs is 4. The highest BCUT2D eigenvalue weighted by molar-refractivity contribution is 6.06. The zero-order valence-corrected chi connectivity index (χ0v) is 23.3. The number of rotatable bonds is 3. The molecule has 0 spiro atoms. The van der Waals surface area contributed by atoms with Gasteiger partial charge in [-0.15, -0.1) is 0 Å². The van der Waals surface area contributed by atoms with E-state index in [9.17, 15) is 0 Å². The number of benzene rings is 6. The van der Waals surface area contributed by atoms with E-state index in [4.69, 9.17) is 0 Å². The van der Waals surface area contributed by atoms with Crippen molar-refractivity contribution in [1.29, 1.82) is 0 Å². The van der Waals surface area contributed by atoms with Gasteiger partial charge >= 0.3 is 0 Å². The maximum absolute atomic E-state index is 2.52. The normalized spacial score (nSPS) is 14.2. The summed E-state index contributed by atoms with van der Waals surface area (Å²) < 4.78 is 0. The first-order valence-electron chi connectivity index (χ1n) is 14.3. The van der Waals surface area contributed by atoms with Crippen molar-refractivity contribution < 1.29 is 0 Å². The van der Waals surface area contributed by atoms with Gasteiger partial charge in [0.25, 0.3) is 0 Å². The van der Waals surface area contributed by atoms with E-state index in [-0.39, 0.29) is 5.41 Å². The Morgan fingerprint density at radius 3 is 1.63 bits per heavy atom. The van der Waals surface area contributed by atoms with Gasteiger partial charge in [0.15, 0.2) is 0 Å². The van der Waals surface area contributed by atoms with Crippen LogP contribution in [0.15, 0.2) is 146 Å². The first-order chi connectivity index (χ1) is 20.1. The van der Waals surface area contributed by atoms with E-state index in [1.807, 2.05) is 0 Å². The second-order valence-corrected chi connectivity index (χ2v) is 11.5. The minimum absolute atomic E-state index is 0.182. The molecular formula is C39H30N2. The highest BCUT2D eigenvalue weighted by Gasteiger charge is 2.42. The minimum atomic E-state index is -0.182. The Kier molecular flexibility index (Phi) is 5.20. The van der Waals surface area contributed by atoms with Crippen molar-refractivity contribution in [3.8, 4) is 22.3 Å². The van der Waals surface area contributed by atoms with Crippen LogP contribution in [-0.4, -0.2) is 0 Å². The molecule has 0 aromatic heterocycles. The predicted octanol–water partition coefficient (Wildman–Crippen LogP) is 10.9. The van der Waals surface area contributed by atoms with Gasteiger partial charge in [0.2, 0.25) is 0 Å². The topological polar surface area (TPSA) is 6.48 Å². The van der Waals surface area contributed by atoms with Crippen molar-refractivity contribution in [2.45, 2.75) is 19.3 Å². The van der Waals surface area contributed by atoms with Crippen LogP contribution < -0.4 is 9.80 Å². The molecule has 0 aliphatic carbocycles. The quantitative estimate of drug-likeness (QED) is 0.226. The van der Waals surface area contributed by atoms with E-state index >= 15 is 0 Å².